The Balaban J connectivity index is 2.09. The van der Waals surface area contributed by atoms with Crippen LogP contribution in [0, 0.1) is 6.92 Å². The van der Waals surface area contributed by atoms with Gasteiger partial charge in [-0.2, -0.15) is 0 Å². The first kappa shape index (κ1) is 19.2. The number of amides is 1. The molecule has 0 aliphatic rings. The van der Waals surface area contributed by atoms with Gasteiger partial charge in [0.25, 0.3) is 0 Å². The summed E-state index contributed by atoms with van der Waals surface area (Å²) in [4.78, 5) is 32.4. The summed E-state index contributed by atoms with van der Waals surface area (Å²) >= 11 is 0. The van der Waals surface area contributed by atoms with Crippen LogP contribution in [-0.4, -0.2) is 45.4 Å². The van der Waals surface area contributed by atoms with Gasteiger partial charge in [-0.05, 0) is 44.2 Å². The largest absolute Gasteiger partial charge is 0.506 e. The molecule has 9 nitrogen and oxygen atoms in total. The van der Waals surface area contributed by atoms with Gasteiger partial charge in [-0.3, -0.25) is 10.3 Å². The lowest BCUT2D eigenvalue weighted by Crippen LogP contribution is -2.16. The number of nitrogens with one attached hydrogen (secondary N) is 1. The average molecular weight is 384 g/mol. The summed E-state index contributed by atoms with van der Waals surface area (Å²) in [5.41, 5.74) is 2.62. The molecule has 2 heterocycles. The summed E-state index contributed by atoms with van der Waals surface area (Å²) in [6.07, 6.45) is -0.691. The van der Waals surface area contributed by atoms with Crippen molar-refractivity contribution < 1.29 is 24.2 Å². The molecule has 146 valence electrons. The van der Waals surface area contributed by atoms with E-state index in [0.29, 0.717) is 22.3 Å². The van der Waals surface area contributed by atoms with Crippen LogP contribution in [0.4, 0.5) is 10.7 Å². The molecule has 9 heteroatoms. The Morgan fingerprint density at radius 3 is 2.71 bits per heavy atom. The zero-order valence-corrected chi connectivity index (χ0v) is 15.7. The van der Waals surface area contributed by atoms with E-state index >= 15 is 0 Å². The number of nitrogens with zero attached hydrogens (tertiary/aromatic N) is 3. The molecular weight excluding hydrogens is 364 g/mol. The minimum absolute atomic E-state index is 0.0274. The van der Waals surface area contributed by atoms with E-state index in [9.17, 15) is 14.7 Å². The average Bonchev–Trinajstić information content (AvgIpc) is 3.01. The molecule has 0 fully saturated rings. The number of carbonyl (C=O) groups excluding carboxylic acids is 2. The predicted octanol–water partition coefficient (Wildman–Crippen LogP) is 2.85. The fourth-order valence-electron chi connectivity index (χ4n) is 2.74. The van der Waals surface area contributed by atoms with Crippen LogP contribution in [0.1, 0.15) is 28.7 Å². The first-order valence-corrected chi connectivity index (χ1v) is 8.60. The third-order valence-corrected chi connectivity index (χ3v) is 4.06. The molecule has 28 heavy (non-hydrogen) atoms. The highest BCUT2D eigenvalue weighted by Crippen LogP contribution is 2.25. The molecule has 0 radical (unpaired) electrons. The summed E-state index contributed by atoms with van der Waals surface area (Å²) in [5, 5.41) is 12.7. The number of pyridine rings is 1. The number of aromatic hydroxyl groups is 1. The van der Waals surface area contributed by atoms with Crippen molar-refractivity contribution in [1.29, 1.82) is 0 Å². The number of rotatable bonds is 5. The van der Waals surface area contributed by atoms with Gasteiger partial charge in [0, 0.05) is 5.69 Å². The number of fused-ring (bicyclic) bond motifs is 1. The molecule has 1 amide bonds. The zero-order valence-electron chi connectivity index (χ0n) is 15.7. The van der Waals surface area contributed by atoms with Gasteiger partial charge in [0.05, 0.1) is 36.9 Å². The Labute approximate surface area is 160 Å². The molecule has 0 aliphatic carbocycles. The monoisotopic (exact) mass is 384 g/mol. The molecule has 0 aliphatic heterocycles. The zero-order chi connectivity index (χ0) is 20.3. The Bertz CT molecular complexity index is 1040. The van der Waals surface area contributed by atoms with Gasteiger partial charge in [0.1, 0.15) is 11.4 Å². The molecule has 0 unspecified atom stereocenters. The number of methoxy groups -OCH3 is 1. The van der Waals surface area contributed by atoms with Crippen molar-refractivity contribution in [1.82, 2.24) is 14.5 Å². The van der Waals surface area contributed by atoms with Gasteiger partial charge in [-0.15, -0.1) is 0 Å². The van der Waals surface area contributed by atoms with Crippen LogP contribution in [-0.2, 0) is 16.0 Å². The number of esters is 1. The van der Waals surface area contributed by atoms with E-state index in [1.54, 1.807) is 41.8 Å². The fraction of sp³-hybridized carbons (Fsp3) is 0.263. The lowest BCUT2D eigenvalue weighted by Gasteiger charge is -2.11. The van der Waals surface area contributed by atoms with Gasteiger partial charge in [0.15, 0.2) is 0 Å². The number of aromatic nitrogens is 3. The maximum atomic E-state index is 12.0. The Morgan fingerprint density at radius 2 is 2.00 bits per heavy atom. The summed E-state index contributed by atoms with van der Waals surface area (Å²) < 4.78 is 11.3. The molecule has 0 saturated heterocycles. The third kappa shape index (κ3) is 3.88. The highest BCUT2D eigenvalue weighted by atomic mass is 16.5. The summed E-state index contributed by atoms with van der Waals surface area (Å²) in [5.74, 6) is -0.232. The smallest absolute Gasteiger partial charge is 0.413 e. The lowest BCUT2D eigenvalue weighted by atomic mass is 10.2. The van der Waals surface area contributed by atoms with E-state index in [-0.39, 0.29) is 24.8 Å². The topological polar surface area (TPSA) is 116 Å². The second-order valence-corrected chi connectivity index (χ2v) is 5.98. The first-order chi connectivity index (χ1) is 13.4. The standard InChI is InChI=1S/C19H20N4O5/c1-4-28-17(25)12-6-7-15-13(9-12)21-18(22-19(26)27-3)23(15)10-14-16(24)8-5-11(2)20-14/h5-9,24H,4,10H2,1-3H3,(H,21,22,26). The molecule has 2 N–H and O–H groups in total. The van der Waals surface area contributed by atoms with Crippen LogP contribution in [0.15, 0.2) is 30.3 Å². The van der Waals surface area contributed by atoms with E-state index in [0.717, 1.165) is 5.69 Å². The molecular formula is C19H20N4O5. The van der Waals surface area contributed by atoms with Crippen molar-refractivity contribution >= 4 is 29.0 Å². The van der Waals surface area contributed by atoms with E-state index in [1.807, 2.05) is 6.92 Å². The van der Waals surface area contributed by atoms with Crippen LogP contribution in [0.2, 0.25) is 0 Å². The SMILES string of the molecule is CCOC(=O)c1ccc2c(c1)nc(NC(=O)OC)n2Cc1nc(C)ccc1O. The second-order valence-electron chi connectivity index (χ2n) is 5.98. The third-order valence-electron chi connectivity index (χ3n) is 4.06. The maximum Gasteiger partial charge on any atom is 0.413 e. The molecule has 3 aromatic rings. The van der Waals surface area contributed by atoms with Crippen LogP contribution in [0.5, 0.6) is 5.75 Å². The summed E-state index contributed by atoms with van der Waals surface area (Å²) in [6, 6.07) is 8.15. The van der Waals surface area contributed by atoms with E-state index in [2.05, 4.69) is 20.0 Å². The van der Waals surface area contributed by atoms with Crippen LogP contribution >= 0.6 is 0 Å². The first-order valence-electron chi connectivity index (χ1n) is 8.60. The quantitative estimate of drug-likeness (QED) is 0.650. The van der Waals surface area contributed by atoms with E-state index in [1.165, 1.54) is 7.11 Å². The number of ether oxygens (including phenoxy) is 2. The van der Waals surface area contributed by atoms with Crippen molar-refractivity contribution in [2.24, 2.45) is 0 Å². The van der Waals surface area contributed by atoms with Crippen molar-refractivity contribution in [2.75, 3.05) is 19.0 Å². The number of hydrogen-bond acceptors (Lipinski definition) is 7. The summed E-state index contributed by atoms with van der Waals surface area (Å²) in [6.45, 7) is 3.96. The molecule has 3 rings (SSSR count). The highest BCUT2D eigenvalue weighted by Gasteiger charge is 2.18. The van der Waals surface area contributed by atoms with Gasteiger partial charge in [0.2, 0.25) is 5.95 Å². The fourth-order valence-corrected chi connectivity index (χ4v) is 2.74. The van der Waals surface area contributed by atoms with Gasteiger partial charge in [-0.25, -0.2) is 14.6 Å². The van der Waals surface area contributed by atoms with Crippen molar-refractivity contribution in [3.05, 3.63) is 47.3 Å². The van der Waals surface area contributed by atoms with Gasteiger partial charge >= 0.3 is 12.1 Å². The minimum atomic E-state index is -0.691. The van der Waals surface area contributed by atoms with Crippen molar-refractivity contribution in [3.8, 4) is 5.75 Å². The van der Waals surface area contributed by atoms with Gasteiger partial charge < -0.3 is 19.1 Å². The molecule has 0 bridgehead atoms. The van der Waals surface area contributed by atoms with Crippen LogP contribution in [0.25, 0.3) is 11.0 Å². The number of benzene rings is 1. The Kier molecular flexibility index (Phi) is 5.44. The van der Waals surface area contributed by atoms with E-state index in [4.69, 9.17) is 4.74 Å². The highest BCUT2D eigenvalue weighted by molar-refractivity contribution is 5.95. The number of aryl methyl sites for hydroxylation is 1. The molecule has 2 aromatic heterocycles. The molecule has 0 saturated carbocycles. The lowest BCUT2D eigenvalue weighted by molar-refractivity contribution is 0.0526. The number of carbonyl (C=O) groups is 2. The second kappa shape index (κ2) is 7.95. The van der Waals surface area contributed by atoms with Crippen molar-refractivity contribution in [2.45, 2.75) is 20.4 Å². The van der Waals surface area contributed by atoms with Crippen molar-refractivity contribution in [3.63, 3.8) is 0 Å². The Morgan fingerprint density at radius 1 is 1.21 bits per heavy atom. The maximum absolute atomic E-state index is 12.0. The van der Waals surface area contributed by atoms with Gasteiger partial charge in [-0.1, -0.05) is 0 Å². The molecule has 0 atom stereocenters. The number of hydrogen-bond donors (Lipinski definition) is 2. The number of imidazole rings is 1. The molecule has 1 aromatic carbocycles. The summed E-state index contributed by atoms with van der Waals surface area (Å²) in [7, 11) is 1.25. The van der Waals surface area contributed by atoms with Crippen LogP contribution in [0.3, 0.4) is 0 Å². The minimum Gasteiger partial charge on any atom is -0.506 e. The predicted molar refractivity (Wildman–Crippen MR) is 101 cm³/mol. The van der Waals surface area contributed by atoms with Crippen LogP contribution < -0.4 is 5.32 Å². The van der Waals surface area contributed by atoms with E-state index < -0.39 is 12.1 Å². The normalized spacial score (nSPS) is 10.7. The molecule has 0 spiro atoms. The number of anilines is 1. The Hall–Kier alpha value is -3.62.